The van der Waals surface area contributed by atoms with Crippen molar-refractivity contribution in [2.45, 2.75) is 6.18 Å². The van der Waals surface area contributed by atoms with Gasteiger partial charge in [-0.1, -0.05) is 11.6 Å². The van der Waals surface area contributed by atoms with Crippen molar-refractivity contribution in [2.24, 2.45) is 0 Å². The number of benzene rings is 1. The van der Waals surface area contributed by atoms with Crippen molar-refractivity contribution in [3.8, 4) is 22.8 Å². The average Bonchev–Trinajstić information content (AvgIpc) is 2.58. The van der Waals surface area contributed by atoms with Crippen molar-refractivity contribution in [1.82, 2.24) is 9.97 Å². The van der Waals surface area contributed by atoms with Crippen LogP contribution in [-0.4, -0.2) is 9.97 Å². The molecule has 3 nitrogen and oxygen atoms in total. The summed E-state index contributed by atoms with van der Waals surface area (Å²) in [6, 6.07) is 7.33. The maximum atomic E-state index is 13.6. The number of rotatable bonds is 3. The van der Waals surface area contributed by atoms with Crippen LogP contribution in [0.2, 0.25) is 5.02 Å². The second-order valence-electron chi connectivity index (χ2n) is 4.96. The zero-order valence-corrected chi connectivity index (χ0v) is 13.1. The van der Waals surface area contributed by atoms with Crippen LogP contribution < -0.4 is 4.74 Å². The van der Waals surface area contributed by atoms with Gasteiger partial charge < -0.3 is 4.74 Å². The normalized spacial score (nSPS) is 11.4. The first-order chi connectivity index (χ1) is 11.9. The molecule has 0 radical (unpaired) electrons. The number of aromatic nitrogens is 2. The molecule has 8 heteroatoms. The predicted octanol–water partition coefficient (Wildman–Crippen LogP) is 5.75. The van der Waals surface area contributed by atoms with Gasteiger partial charge in [-0.25, -0.2) is 9.37 Å². The van der Waals surface area contributed by atoms with Gasteiger partial charge in [0.25, 0.3) is 0 Å². The smallest absolute Gasteiger partial charge is 0.416 e. The summed E-state index contributed by atoms with van der Waals surface area (Å²) in [5, 5.41) is -0.153. The van der Waals surface area contributed by atoms with E-state index in [0.717, 1.165) is 18.3 Å². The molecule has 2 aromatic heterocycles. The second kappa shape index (κ2) is 6.68. The van der Waals surface area contributed by atoms with E-state index in [2.05, 4.69) is 9.97 Å². The Morgan fingerprint density at radius 2 is 1.68 bits per heavy atom. The third-order valence-electron chi connectivity index (χ3n) is 3.30. The molecule has 0 fully saturated rings. The molecule has 2 heterocycles. The Kier molecular flexibility index (Phi) is 4.59. The van der Waals surface area contributed by atoms with Crippen molar-refractivity contribution in [2.75, 3.05) is 0 Å². The highest BCUT2D eigenvalue weighted by Gasteiger charge is 2.30. The molecule has 0 unspecified atom stereocenters. The van der Waals surface area contributed by atoms with E-state index in [1.54, 1.807) is 12.1 Å². The maximum Gasteiger partial charge on any atom is 0.416 e. The van der Waals surface area contributed by atoms with Crippen LogP contribution in [0.5, 0.6) is 11.6 Å². The van der Waals surface area contributed by atoms with Crippen molar-refractivity contribution < 1.29 is 22.3 Å². The number of halogens is 5. The van der Waals surface area contributed by atoms with Gasteiger partial charge in [0, 0.05) is 23.5 Å². The zero-order valence-electron chi connectivity index (χ0n) is 12.4. The minimum absolute atomic E-state index is 0.0663. The van der Waals surface area contributed by atoms with Gasteiger partial charge in [0.1, 0.15) is 5.75 Å². The molecule has 3 rings (SSSR count). The molecule has 128 valence electrons. The second-order valence-corrected chi connectivity index (χ2v) is 5.34. The highest BCUT2D eigenvalue weighted by atomic mass is 35.5. The van der Waals surface area contributed by atoms with Crippen molar-refractivity contribution >= 4 is 11.6 Å². The van der Waals surface area contributed by atoms with E-state index in [4.69, 9.17) is 16.3 Å². The van der Waals surface area contributed by atoms with Crippen LogP contribution in [0.15, 0.2) is 55.0 Å². The summed E-state index contributed by atoms with van der Waals surface area (Å²) in [6.45, 7) is 0. The topological polar surface area (TPSA) is 35.0 Å². The van der Waals surface area contributed by atoms with Crippen LogP contribution in [0.4, 0.5) is 17.6 Å². The largest absolute Gasteiger partial charge is 0.438 e. The Morgan fingerprint density at radius 3 is 2.36 bits per heavy atom. The van der Waals surface area contributed by atoms with Crippen LogP contribution in [-0.2, 0) is 6.18 Å². The Labute approximate surface area is 144 Å². The van der Waals surface area contributed by atoms with E-state index in [1.165, 1.54) is 24.5 Å². The fraction of sp³-hybridized carbons (Fsp3) is 0.0588. The number of alkyl halides is 3. The van der Waals surface area contributed by atoms with Gasteiger partial charge in [-0.2, -0.15) is 13.2 Å². The third-order valence-corrected chi connectivity index (χ3v) is 3.68. The van der Waals surface area contributed by atoms with Gasteiger partial charge in [-0.15, -0.1) is 0 Å². The standard InChI is InChI=1S/C17H9ClF4N2O/c18-15-13(8-23-9-14(15)19)12-2-1-7-24-16(12)25-11-5-3-10(4-6-11)17(20,21)22/h1-9H. The van der Waals surface area contributed by atoms with E-state index < -0.39 is 17.6 Å². The molecule has 0 aliphatic rings. The van der Waals surface area contributed by atoms with E-state index >= 15 is 0 Å². The number of ether oxygens (including phenoxy) is 1. The van der Waals surface area contributed by atoms with Crippen molar-refractivity contribution in [3.63, 3.8) is 0 Å². The van der Waals surface area contributed by atoms with E-state index in [-0.39, 0.29) is 22.2 Å². The summed E-state index contributed by atoms with van der Waals surface area (Å²) in [7, 11) is 0. The first-order valence-electron chi connectivity index (χ1n) is 6.96. The molecular formula is C17H9ClF4N2O. The molecular weight excluding hydrogens is 360 g/mol. The molecule has 3 aromatic rings. The van der Waals surface area contributed by atoms with E-state index in [9.17, 15) is 17.6 Å². The SMILES string of the molecule is Fc1cncc(-c2cccnc2Oc2ccc(C(F)(F)F)cc2)c1Cl. The molecule has 0 spiro atoms. The summed E-state index contributed by atoms with van der Waals surface area (Å²) in [6.07, 6.45) is -0.681. The van der Waals surface area contributed by atoms with Gasteiger partial charge in [0.2, 0.25) is 5.88 Å². The lowest BCUT2D eigenvalue weighted by Crippen LogP contribution is -2.04. The predicted molar refractivity (Wildman–Crippen MR) is 84.0 cm³/mol. The number of hydrogen-bond donors (Lipinski definition) is 0. The summed E-state index contributed by atoms with van der Waals surface area (Å²) in [5.41, 5.74) is -0.172. The number of pyridine rings is 2. The van der Waals surface area contributed by atoms with Gasteiger partial charge in [0.05, 0.1) is 16.8 Å². The molecule has 0 amide bonds. The maximum absolute atomic E-state index is 13.6. The van der Waals surface area contributed by atoms with E-state index in [1.807, 2.05) is 0 Å². The van der Waals surface area contributed by atoms with Gasteiger partial charge in [-0.05, 0) is 36.4 Å². The first-order valence-corrected chi connectivity index (χ1v) is 7.33. The van der Waals surface area contributed by atoms with Gasteiger partial charge in [-0.3, -0.25) is 4.98 Å². The summed E-state index contributed by atoms with van der Waals surface area (Å²) >= 11 is 5.95. The lowest BCUT2D eigenvalue weighted by atomic mass is 10.1. The van der Waals surface area contributed by atoms with Crippen LogP contribution in [0.25, 0.3) is 11.1 Å². The fourth-order valence-corrected chi connectivity index (χ4v) is 2.31. The molecule has 25 heavy (non-hydrogen) atoms. The van der Waals surface area contributed by atoms with Crippen LogP contribution in [0.1, 0.15) is 5.56 Å². The van der Waals surface area contributed by atoms with Gasteiger partial charge >= 0.3 is 6.18 Å². The zero-order chi connectivity index (χ0) is 18.0. The molecule has 0 saturated carbocycles. The Morgan fingerprint density at radius 1 is 0.960 bits per heavy atom. The Bertz CT molecular complexity index is 898. The summed E-state index contributed by atoms with van der Waals surface area (Å²) in [5.74, 6) is -0.492. The first kappa shape index (κ1) is 17.2. The van der Waals surface area contributed by atoms with E-state index in [0.29, 0.717) is 5.56 Å². The third kappa shape index (κ3) is 3.71. The highest BCUT2D eigenvalue weighted by molar-refractivity contribution is 6.33. The van der Waals surface area contributed by atoms with Crippen molar-refractivity contribution in [1.29, 1.82) is 0 Å². The lowest BCUT2D eigenvalue weighted by molar-refractivity contribution is -0.137. The van der Waals surface area contributed by atoms with Crippen LogP contribution >= 0.6 is 11.6 Å². The molecule has 0 saturated heterocycles. The van der Waals surface area contributed by atoms with Crippen LogP contribution in [0.3, 0.4) is 0 Å². The summed E-state index contributed by atoms with van der Waals surface area (Å²) < 4.78 is 57.0. The molecule has 0 bridgehead atoms. The monoisotopic (exact) mass is 368 g/mol. The number of nitrogens with zero attached hydrogens (tertiary/aromatic N) is 2. The van der Waals surface area contributed by atoms with Gasteiger partial charge in [0.15, 0.2) is 5.82 Å². The molecule has 0 N–H and O–H groups in total. The summed E-state index contributed by atoms with van der Waals surface area (Å²) in [4.78, 5) is 7.78. The minimum Gasteiger partial charge on any atom is -0.438 e. The molecule has 0 aliphatic heterocycles. The molecule has 1 aromatic carbocycles. The Hall–Kier alpha value is -2.67. The Balaban J connectivity index is 1.96. The fourth-order valence-electron chi connectivity index (χ4n) is 2.11. The minimum atomic E-state index is -4.44. The molecule has 0 atom stereocenters. The highest BCUT2D eigenvalue weighted by Crippen LogP contribution is 2.36. The molecule has 0 aliphatic carbocycles. The van der Waals surface area contributed by atoms with Crippen molar-refractivity contribution in [3.05, 3.63) is 71.4 Å². The average molecular weight is 369 g/mol. The lowest BCUT2D eigenvalue weighted by Gasteiger charge is -2.12. The number of hydrogen-bond acceptors (Lipinski definition) is 3. The van der Waals surface area contributed by atoms with Crippen LogP contribution in [0, 0.1) is 5.82 Å². The quantitative estimate of drug-likeness (QED) is 0.552.